The number of amides is 1. The van der Waals surface area contributed by atoms with Crippen molar-refractivity contribution in [3.8, 4) is 11.5 Å². The minimum atomic E-state index is -3.81. The molecule has 0 unspecified atom stereocenters. The van der Waals surface area contributed by atoms with E-state index in [4.69, 9.17) is 9.47 Å². The van der Waals surface area contributed by atoms with Gasteiger partial charge in [-0.25, -0.2) is 17.5 Å². The van der Waals surface area contributed by atoms with Crippen molar-refractivity contribution in [3.63, 3.8) is 0 Å². The molecule has 2 N–H and O–H groups in total. The number of halogens is 1. The van der Waals surface area contributed by atoms with Gasteiger partial charge < -0.3 is 14.8 Å². The maximum atomic E-state index is 13.1. The molecule has 0 aromatic heterocycles. The molecule has 7 nitrogen and oxygen atoms in total. The zero-order valence-electron chi connectivity index (χ0n) is 14.4. The molecule has 1 aliphatic rings. The van der Waals surface area contributed by atoms with E-state index in [-0.39, 0.29) is 17.9 Å². The Kier molecular flexibility index (Phi) is 5.92. The minimum absolute atomic E-state index is 0.0253. The van der Waals surface area contributed by atoms with E-state index in [1.54, 1.807) is 12.1 Å². The van der Waals surface area contributed by atoms with Gasteiger partial charge in [0.2, 0.25) is 15.9 Å². The van der Waals surface area contributed by atoms with Gasteiger partial charge in [0, 0.05) is 31.1 Å². The molecule has 2 aromatic rings. The number of benzene rings is 2. The first-order valence-electron chi connectivity index (χ1n) is 8.39. The van der Waals surface area contributed by atoms with Crippen molar-refractivity contribution in [2.45, 2.75) is 17.7 Å². The highest BCUT2D eigenvalue weighted by molar-refractivity contribution is 7.89. The molecule has 0 aliphatic carbocycles. The van der Waals surface area contributed by atoms with Gasteiger partial charge in [0.1, 0.15) is 5.82 Å². The molecule has 0 spiro atoms. The Bertz CT molecular complexity index is 933. The lowest BCUT2D eigenvalue weighted by Gasteiger charge is -2.11. The first-order chi connectivity index (χ1) is 12.9. The zero-order valence-corrected chi connectivity index (χ0v) is 15.2. The zero-order chi connectivity index (χ0) is 19.3. The van der Waals surface area contributed by atoms with Gasteiger partial charge in [0.25, 0.3) is 0 Å². The van der Waals surface area contributed by atoms with E-state index in [0.717, 1.165) is 6.42 Å². The fraction of sp³-hybridized carbons (Fsp3) is 0.278. The lowest BCUT2D eigenvalue weighted by molar-refractivity contribution is -0.116. The summed E-state index contributed by atoms with van der Waals surface area (Å²) in [5, 5.41) is 2.51. The molecule has 0 radical (unpaired) electrons. The van der Waals surface area contributed by atoms with Gasteiger partial charge in [-0.1, -0.05) is 6.07 Å². The molecule has 0 bridgehead atoms. The van der Waals surface area contributed by atoms with E-state index in [2.05, 4.69) is 10.0 Å². The van der Waals surface area contributed by atoms with E-state index in [9.17, 15) is 17.6 Å². The quantitative estimate of drug-likeness (QED) is 0.784. The van der Waals surface area contributed by atoms with E-state index in [0.29, 0.717) is 30.4 Å². The standard InChI is InChI=1S/C18H19FN2O5S/c19-13-3-1-4-14(11-13)21-18(22)7-8-20-27(23,24)15-5-6-16-17(12-15)26-10-2-9-25-16/h1,3-6,11-12,20H,2,7-10H2,(H,21,22). The summed E-state index contributed by atoms with van der Waals surface area (Å²) in [5.41, 5.74) is 0.311. The molecule has 0 saturated heterocycles. The van der Waals surface area contributed by atoms with E-state index >= 15 is 0 Å². The second-order valence-corrected chi connectivity index (χ2v) is 7.63. The van der Waals surface area contributed by atoms with Gasteiger partial charge in [-0.15, -0.1) is 0 Å². The molecule has 0 atom stereocenters. The third-order valence-electron chi connectivity index (χ3n) is 3.78. The Morgan fingerprint density at radius 1 is 1.07 bits per heavy atom. The predicted molar refractivity (Wildman–Crippen MR) is 96.9 cm³/mol. The minimum Gasteiger partial charge on any atom is -0.490 e. The Hall–Kier alpha value is -2.65. The largest absolute Gasteiger partial charge is 0.490 e. The molecule has 2 aromatic carbocycles. The number of carbonyl (C=O) groups is 1. The van der Waals surface area contributed by atoms with Gasteiger partial charge in [0.15, 0.2) is 11.5 Å². The lowest BCUT2D eigenvalue weighted by atomic mass is 10.3. The lowest BCUT2D eigenvalue weighted by Crippen LogP contribution is -2.27. The number of hydrogen-bond donors (Lipinski definition) is 2. The van der Waals surface area contributed by atoms with Crippen molar-refractivity contribution >= 4 is 21.6 Å². The molecular weight excluding hydrogens is 375 g/mol. The van der Waals surface area contributed by atoms with Crippen molar-refractivity contribution in [2.24, 2.45) is 0 Å². The molecule has 3 rings (SSSR count). The fourth-order valence-corrected chi connectivity index (χ4v) is 3.53. The van der Waals surface area contributed by atoms with Crippen molar-refractivity contribution in [2.75, 3.05) is 25.1 Å². The highest BCUT2D eigenvalue weighted by Crippen LogP contribution is 2.31. The topological polar surface area (TPSA) is 93.7 Å². The number of carbonyl (C=O) groups excluding carboxylic acids is 1. The van der Waals surface area contributed by atoms with Crippen LogP contribution in [0.1, 0.15) is 12.8 Å². The summed E-state index contributed by atoms with van der Waals surface area (Å²) in [5.74, 6) is -0.0231. The summed E-state index contributed by atoms with van der Waals surface area (Å²) in [6.07, 6.45) is 0.621. The molecule has 1 heterocycles. The second-order valence-electron chi connectivity index (χ2n) is 5.87. The van der Waals surface area contributed by atoms with Crippen LogP contribution in [0.4, 0.5) is 10.1 Å². The fourth-order valence-electron chi connectivity index (χ4n) is 2.48. The molecule has 1 amide bonds. The van der Waals surface area contributed by atoms with Crippen LogP contribution in [-0.4, -0.2) is 34.1 Å². The maximum Gasteiger partial charge on any atom is 0.240 e. The SMILES string of the molecule is O=C(CCNS(=O)(=O)c1ccc2c(c1)OCCCO2)Nc1cccc(F)c1. The van der Waals surface area contributed by atoms with Gasteiger partial charge in [0.05, 0.1) is 18.1 Å². The highest BCUT2D eigenvalue weighted by Gasteiger charge is 2.19. The van der Waals surface area contributed by atoms with Crippen LogP contribution in [0.3, 0.4) is 0 Å². The smallest absolute Gasteiger partial charge is 0.240 e. The van der Waals surface area contributed by atoms with Crippen molar-refractivity contribution in [1.82, 2.24) is 4.72 Å². The second kappa shape index (κ2) is 8.36. The van der Waals surface area contributed by atoms with Crippen LogP contribution in [0, 0.1) is 5.82 Å². The molecule has 144 valence electrons. The molecule has 27 heavy (non-hydrogen) atoms. The number of hydrogen-bond acceptors (Lipinski definition) is 5. The van der Waals surface area contributed by atoms with Crippen LogP contribution in [-0.2, 0) is 14.8 Å². The van der Waals surface area contributed by atoms with E-state index in [1.165, 1.54) is 30.3 Å². The van der Waals surface area contributed by atoms with Gasteiger partial charge in [-0.2, -0.15) is 0 Å². The Morgan fingerprint density at radius 3 is 2.63 bits per heavy atom. The maximum absolute atomic E-state index is 13.1. The number of nitrogens with one attached hydrogen (secondary N) is 2. The summed E-state index contributed by atoms with van der Waals surface area (Å²) in [7, 11) is -3.81. The predicted octanol–water partition coefficient (Wildman–Crippen LogP) is 2.29. The van der Waals surface area contributed by atoms with Gasteiger partial charge in [-0.05, 0) is 30.3 Å². The van der Waals surface area contributed by atoms with Crippen LogP contribution < -0.4 is 19.5 Å². The van der Waals surface area contributed by atoms with Crippen LogP contribution in [0.2, 0.25) is 0 Å². The molecular formula is C18H19FN2O5S. The molecule has 0 fully saturated rings. The third kappa shape index (κ3) is 5.18. The number of rotatable bonds is 6. The monoisotopic (exact) mass is 394 g/mol. The van der Waals surface area contributed by atoms with Crippen LogP contribution in [0.15, 0.2) is 47.4 Å². The van der Waals surface area contributed by atoms with E-state index in [1.807, 2.05) is 0 Å². The number of sulfonamides is 1. The van der Waals surface area contributed by atoms with Gasteiger partial charge >= 0.3 is 0 Å². The molecule has 0 saturated carbocycles. The summed E-state index contributed by atoms with van der Waals surface area (Å²) >= 11 is 0. The Morgan fingerprint density at radius 2 is 1.85 bits per heavy atom. The molecule has 9 heteroatoms. The van der Waals surface area contributed by atoms with Crippen molar-refractivity contribution < 1.29 is 27.1 Å². The highest BCUT2D eigenvalue weighted by atomic mass is 32.2. The van der Waals surface area contributed by atoms with Crippen LogP contribution in [0.5, 0.6) is 11.5 Å². The van der Waals surface area contributed by atoms with Crippen molar-refractivity contribution in [1.29, 1.82) is 0 Å². The van der Waals surface area contributed by atoms with Crippen LogP contribution >= 0.6 is 0 Å². The first kappa shape index (κ1) is 19.1. The Balaban J connectivity index is 1.57. The summed E-state index contributed by atoms with van der Waals surface area (Å²) in [6.45, 7) is 0.861. The van der Waals surface area contributed by atoms with Crippen molar-refractivity contribution in [3.05, 3.63) is 48.3 Å². The average Bonchev–Trinajstić information content (AvgIpc) is 2.86. The molecule has 1 aliphatic heterocycles. The number of fused-ring (bicyclic) bond motifs is 1. The number of anilines is 1. The summed E-state index contributed by atoms with van der Waals surface area (Å²) in [6, 6.07) is 9.82. The van der Waals surface area contributed by atoms with E-state index < -0.39 is 21.7 Å². The number of ether oxygens (including phenoxy) is 2. The normalized spacial score (nSPS) is 13.7. The summed E-state index contributed by atoms with van der Waals surface area (Å²) < 4.78 is 51.2. The summed E-state index contributed by atoms with van der Waals surface area (Å²) in [4.78, 5) is 11.9. The van der Waals surface area contributed by atoms with Crippen LogP contribution in [0.25, 0.3) is 0 Å². The average molecular weight is 394 g/mol. The van der Waals surface area contributed by atoms with Gasteiger partial charge in [-0.3, -0.25) is 4.79 Å². The first-order valence-corrected chi connectivity index (χ1v) is 9.87. The third-order valence-corrected chi connectivity index (χ3v) is 5.24. The Labute approximate surface area is 156 Å².